The van der Waals surface area contributed by atoms with Crippen LogP contribution in [-0.2, 0) is 6.54 Å². The number of rotatable bonds is 5. The van der Waals surface area contributed by atoms with E-state index in [4.69, 9.17) is 0 Å². The van der Waals surface area contributed by atoms with Gasteiger partial charge in [0.1, 0.15) is 0 Å². The summed E-state index contributed by atoms with van der Waals surface area (Å²) in [5.41, 5.74) is 2.62. The molecule has 3 heteroatoms. The first-order valence-electron chi connectivity index (χ1n) is 6.43. The van der Waals surface area contributed by atoms with Crippen molar-refractivity contribution >= 4 is 31.9 Å². The van der Waals surface area contributed by atoms with E-state index in [9.17, 15) is 0 Å². The zero-order chi connectivity index (χ0) is 13.7. The fourth-order valence-electron chi connectivity index (χ4n) is 2.07. The van der Waals surface area contributed by atoms with Crippen molar-refractivity contribution in [2.24, 2.45) is 0 Å². The summed E-state index contributed by atoms with van der Waals surface area (Å²) < 4.78 is 2.28. The summed E-state index contributed by atoms with van der Waals surface area (Å²) in [4.78, 5) is 0. The fourth-order valence-corrected chi connectivity index (χ4v) is 2.76. The van der Waals surface area contributed by atoms with Gasteiger partial charge in [0.2, 0.25) is 0 Å². The van der Waals surface area contributed by atoms with Crippen LogP contribution in [0.5, 0.6) is 0 Å². The molecule has 1 nitrogen and oxygen atoms in total. The molecule has 0 saturated carbocycles. The Hall–Kier alpha value is -0.640. The van der Waals surface area contributed by atoms with Crippen LogP contribution in [0.1, 0.15) is 30.5 Å². The van der Waals surface area contributed by atoms with Crippen LogP contribution in [0.15, 0.2) is 57.5 Å². The van der Waals surface area contributed by atoms with E-state index in [1.165, 1.54) is 11.1 Å². The van der Waals surface area contributed by atoms with Gasteiger partial charge >= 0.3 is 0 Å². The van der Waals surface area contributed by atoms with Gasteiger partial charge in [-0.2, -0.15) is 0 Å². The first-order valence-corrected chi connectivity index (χ1v) is 8.01. The lowest BCUT2D eigenvalue weighted by atomic mass is 10.0. The first kappa shape index (κ1) is 14.8. The molecule has 0 radical (unpaired) electrons. The monoisotopic (exact) mass is 381 g/mol. The largest absolute Gasteiger partial charge is 0.306 e. The van der Waals surface area contributed by atoms with E-state index in [1.54, 1.807) is 0 Å². The number of hydrogen-bond donors (Lipinski definition) is 1. The van der Waals surface area contributed by atoms with Gasteiger partial charge < -0.3 is 5.32 Å². The Morgan fingerprint density at radius 3 is 2.32 bits per heavy atom. The molecule has 0 spiro atoms. The number of halogens is 2. The molecule has 1 atom stereocenters. The maximum atomic E-state index is 3.62. The minimum absolute atomic E-state index is 0.389. The minimum Gasteiger partial charge on any atom is -0.306 e. The van der Waals surface area contributed by atoms with Crippen LogP contribution in [0, 0.1) is 0 Å². The van der Waals surface area contributed by atoms with E-state index >= 15 is 0 Å². The van der Waals surface area contributed by atoms with Gasteiger partial charge in [-0.1, -0.05) is 69.1 Å². The molecule has 0 fully saturated rings. The molecule has 2 aromatic rings. The van der Waals surface area contributed by atoms with Crippen molar-refractivity contribution in [2.45, 2.75) is 25.9 Å². The molecule has 1 unspecified atom stereocenters. The lowest BCUT2D eigenvalue weighted by Crippen LogP contribution is -2.20. The van der Waals surface area contributed by atoms with Crippen molar-refractivity contribution in [3.8, 4) is 0 Å². The highest BCUT2D eigenvalue weighted by Gasteiger charge is 2.09. The Morgan fingerprint density at radius 1 is 1.00 bits per heavy atom. The summed E-state index contributed by atoms with van der Waals surface area (Å²) in [7, 11) is 0. The molecule has 0 bridgehead atoms. The summed E-state index contributed by atoms with van der Waals surface area (Å²) in [6.07, 6.45) is 1.08. The molecule has 0 aliphatic rings. The molecule has 100 valence electrons. The van der Waals surface area contributed by atoms with Gasteiger partial charge in [-0.3, -0.25) is 0 Å². The number of nitrogens with one attached hydrogen (secondary N) is 1. The summed E-state index contributed by atoms with van der Waals surface area (Å²) in [6.45, 7) is 3.08. The van der Waals surface area contributed by atoms with Crippen molar-refractivity contribution < 1.29 is 0 Å². The molecule has 1 N–H and O–H groups in total. The van der Waals surface area contributed by atoms with E-state index in [0.29, 0.717) is 6.04 Å². The Labute approximate surface area is 131 Å². The van der Waals surface area contributed by atoms with Crippen LogP contribution in [0.3, 0.4) is 0 Å². The standard InChI is InChI=1S/C16H17Br2N/c1-2-16(12-7-9-14(17)10-8-12)19-11-13-5-3-4-6-15(13)18/h3-10,16,19H,2,11H2,1H3. The van der Waals surface area contributed by atoms with E-state index in [2.05, 4.69) is 86.6 Å². The molecule has 2 rings (SSSR count). The van der Waals surface area contributed by atoms with Gasteiger partial charge in [-0.25, -0.2) is 0 Å². The third-order valence-electron chi connectivity index (χ3n) is 3.18. The van der Waals surface area contributed by atoms with Crippen LogP contribution in [0.2, 0.25) is 0 Å². The van der Waals surface area contributed by atoms with E-state index < -0.39 is 0 Å². The lowest BCUT2D eigenvalue weighted by molar-refractivity contribution is 0.518. The Bertz CT molecular complexity index is 523. The maximum absolute atomic E-state index is 3.62. The highest BCUT2D eigenvalue weighted by molar-refractivity contribution is 9.10. The van der Waals surface area contributed by atoms with Crippen molar-refractivity contribution in [3.63, 3.8) is 0 Å². The molecular weight excluding hydrogens is 366 g/mol. The number of benzene rings is 2. The smallest absolute Gasteiger partial charge is 0.0320 e. The maximum Gasteiger partial charge on any atom is 0.0320 e. The molecule has 0 aromatic heterocycles. The first-order chi connectivity index (χ1) is 9.20. The normalized spacial score (nSPS) is 12.4. The molecule has 19 heavy (non-hydrogen) atoms. The van der Waals surface area contributed by atoms with Crippen LogP contribution in [0.25, 0.3) is 0 Å². The second-order valence-electron chi connectivity index (χ2n) is 4.48. The van der Waals surface area contributed by atoms with Crippen LogP contribution >= 0.6 is 31.9 Å². The Morgan fingerprint density at radius 2 is 1.68 bits per heavy atom. The van der Waals surface area contributed by atoms with E-state index in [1.807, 2.05) is 6.07 Å². The van der Waals surface area contributed by atoms with Gasteiger partial charge in [0.05, 0.1) is 0 Å². The summed E-state index contributed by atoms with van der Waals surface area (Å²) in [6, 6.07) is 17.3. The highest BCUT2D eigenvalue weighted by atomic mass is 79.9. The Balaban J connectivity index is 2.04. The van der Waals surface area contributed by atoms with Gasteiger partial charge in [-0.05, 0) is 35.7 Å². The second-order valence-corrected chi connectivity index (χ2v) is 6.25. The van der Waals surface area contributed by atoms with Crippen molar-refractivity contribution in [3.05, 3.63) is 68.6 Å². The van der Waals surface area contributed by atoms with Gasteiger partial charge in [0, 0.05) is 21.5 Å². The average molecular weight is 383 g/mol. The molecule has 0 aliphatic heterocycles. The molecule has 0 aliphatic carbocycles. The van der Waals surface area contributed by atoms with E-state index in [-0.39, 0.29) is 0 Å². The summed E-state index contributed by atoms with van der Waals surface area (Å²) >= 11 is 7.06. The quantitative estimate of drug-likeness (QED) is 0.724. The SMILES string of the molecule is CCC(NCc1ccccc1Br)c1ccc(Br)cc1. The topological polar surface area (TPSA) is 12.0 Å². The Kier molecular flexibility index (Phi) is 5.61. The summed E-state index contributed by atoms with van der Waals surface area (Å²) in [5.74, 6) is 0. The van der Waals surface area contributed by atoms with Crippen LogP contribution in [-0.4, -0.2) is 0 Å². The van der Waals surface area contributed by atoms with E-state index in [0.717, 1.165) is 21.9 Å². The third-order valence-corrected chi connectivity index (χ3v) is 4.48. The predicted octanol–water partition coefficient (Wildman–Crippen LogP) is 5.45. The zero-order valence-electron chi connectivity index (χ0n) is 10.9. The lowest BCUT2D eigenvalue weighted by Gasteiger charge is -2.18. The number of hydrogen-bond acceptors (Lipinski definition) is 1. The van der Waals surface area contributed by atoms with Gasteiger partial charge in [0.15, 0.2) is 0 Å². The van der Waals surface area contributed by atoms with Crippen molar-refractivity contribution in [2.75, 3.05) is 0 Å². The minimum atomic E-state index is 0.389. The van der Waals surface area contributed by atoms with Crippen LogP contribution in [0.4, 0.5) is 0 Å². The fraction of sp³-hybridized carbons (Fsp3) is 0.250. The van der Waals surface area contributed by atoms with Crippen molar-refractivity contribution in [1.82, 2.24) is 5.32 Å². The molecule has 0 amide bonds. The molecule has 2 aromatic carbocycles. The highest BCUT2D eigenvalue weighted by Crippen LogP contribution is 2.21. The van der Waals surface area contributed by atoms with Crippen molar-refractivity contribution in [1.29, 1.82) is 0 Å². The zero-order valence-corrected chi connectivity index (χ0v) is 14.0. The molecule has 0 heterocycles. The second kappa shape index (κ2) is 7.22. The summed E-state index contributed by atoms with van der Waals surface area (Å²) in [5, 5.41) is 3.62. The molecule has 0 saturated heterocycles. The van der Waals surface area contributed by atoms with Crippen LogP contribution < -0.4 is 5.32 Å². The van der Waals surface area contributed by atoms with Gasteiger partial charge in [-0.15, -0.1) is 0 Å². The van der Waals surface area contributed by atoms with Gasteiger partial charge in [0.25, 0.3) is 0 Å². The predicted molar refractivity (Wildman–Crippen MR) is 88.2 cm³/mol. The third kappa shape index (κ3) is 4.16. The average Bonchev–Trinajstić information content (AvgIpc) is 2.43. The molecular formula is C16H17Br2N.